The number of rotatable bonds is 1. The number of nitrogens with one attached hydrogen (secondary N) is 1. The molecule has 0 aromatic heterocycles. The van der Waals surface area contributed by atoms with E-state index in [9.17, 15) is 10.2 Å². The maximum Gasteiger partial charge on any atom is 0.172 e. The van der Waals surface area contributed by atoms with E-state index in [1.165, 1.54) is 0 Å². The summed E-state index contributed by atoms with van der Waals surface area (Å²) in [6.45, 7) is 3.90. The van der Waals surface area contributed by atoms with Gasteiger partial charge in [-0.25, -0.2) is 0 Å². The van der Waals surface area contributed by atoms with Crippen molar-refractivity contribution in [1.82, 2.24) is 5.32 Å². The minimum Gasteiger partial charge on any atom is -0.504 e. The molecule has 3 nitrogen and oxygen atoms in total. The molecule has 0 spiro atoms. The van der Waals surface area contributed by atoms with Crippen molar-refractivity contribution in [2.24, 2.45) is 0 Å². The standard InChI is InChI=1S/C11H14BrNO2/c1-6-4-8(14)11(15)10(12)9(6)7-2-3-13-5-7/h4,7,13-15H,2-3,5H2,1H3. The van der Waals surface area contributed by atoms with E-state index < -0.39 is 0 Å². The molecule has 1 fully saturated rings. The van der Waals surface area contributed by atoms with Crippen LogP contribution in [-0.2, 0) is 0 Å². The smallest absolute Gasteiger partial charge is 0.172 e. The first-order valence-corrected chi connectivity index (χ1v) is 5.82. The fraction of sp³-hybridized carbons (Fsp3) is 0.455. The highest BCUT2D eigenvalue weighted by Gasteiger charge is 2.23. The first-order chi connectivity index (χ1) is 7.11. The largest absolute Gasteiger partial charge is 0.504 e. The number of benzene rings is 1. The molecule has 2 rings (SSSR count). The lowest BCUT2D eigenvalue weighted by Crippen LogP contribution is -2.09. The summed E-state index contributed by atoms with van der Waals surface area (Å²) in [5.74, 6) is 0.308. The van der Waals surface area contributed by atoms with E-state index >= 15 is 0 Å². The van der Waals surface area contributed by atoms with E-state index in [0.717, 1.165) is 30.6 Å². The Balaban J connectivity index is 2.50. The molecule has 3 N–H and O–H groups in total. The highest BCUT2D eigenvalue weighted by Crippen LogP contribution is 2.42. The van der Waals surface area contributed by atoms with Crippen LogP contribution in [0.15, 0.2) is 10.5 Å². The molecule has 0 saturated carbocycles. The minimum atomic E-state index is -0.0610. The van der Waals surface area contributed by atoms with Crippen molar-refractivity contribution in [3.8, 4) is 11.5 Å². The van der Waals surface area contributed by atoms with Crippen molar-refractivity contribution in [3.63, 3.8) is 0 Å². The molecule has 0 aliphatic carbocycles. The molecular formula is C11H14BrNO2. The Kier molecular flexibility index (Phi) is 2.89. The predicted molar refractivity (Wildman–Crippen MR) is 62.4 cm³/mol. The summed E-state index contributed by atoms with van der Waals surface area (Å²) in [6.07, 6.45) is 1.07. The lowest BCUT2D eigenvalue weighted by atomic mass is 9.93. The molecule has 1 atom stereocenters. The number of hydrogen-bond donors (Lipinski definition) is 3. The lowest BCUT2D eigenvalue weighted by Gasteiger charge is -2.16. The molecule has 0 radical (unpaired) electrons. The zero-order valence-electron chi connectivity index (χ0n) is 8.55. The molecule has 0 amide bonds. The number of halogens is 1. The molecule has 1 aliphatic rings. The van der Waals surface area contributed by atoms with E-state index in [1.54, 1.807) is 6.07 Å². The number of hydrogen-bond acceptors (Lipinski definition) is 3. The zero-order chi connectivity index (χ0) is 11.0. The number of aryl methyl sites for hydroxylation is 1. The van der Waals surface area contributed by atoms with Gasteiger partial charge in [0.15, 0.2) is 11.5 Å². The van der Waals surface area contributed by atoms with Crippen LogP contribution >= 0.6 is 15.9 Å². The van der Waals surface area contributed by atoms with Gasteiger partial charge < -0.3 is 15.5 Å². The second kappa shape index (κ2) is 4.02. The van der Waals surface area contributed by atoms with E-state index in [2.05, 4.69) is 21.2 Å². The van der Waals surface area contributed by atoms with Crippen molar-refractivity contribution in [3.05, 3.63) is 21.7 Å². The zero-order valence-corrected chi connectivity index (χ0v) is 10.1. The molecule has 1 saturated heterocycles. The highest BCUT2D eigenvalue weighted by atomic mass is 79.9. The Morgan fingerprint density at radius 2 is 2.20 bits per heavy atom. The summed E-state index contributed by atoms with van der Waals surface area (Å²) >= 11 is 3.35. The maximum atomic E-state index is 9.65. The van der Waals surface area contributed by atoms with Crippen LogP contribution in [0.3, 0.4) is 0 Å². The van der Waals surface area contributed by atoms with Crippen LogP contribution in [0, 0.1) is 6.92 Å². The molecule has 1 aliphatic heterocycles. The van der Waals surface area contributed by atoms with Gasteiger partial charge in [-0.2, -0.15) is 0 Å². The van der Waals surface area contributed by atoms with Crippen LogP contribution in [-0.4, -0.2) is 23.3 Å². The summed E-state index contributed by atoms with van der Waals surface area (Å²) in [6, 6.07) is 1.62. The Hall–Kier alpha value is -0.740. The van der Waals surface area contributed by atoms with Gasteiger partial charge in [0.05, 0.1) is 4.47 Å². The summed E-state index contributed by atoms with van der Waals surface area (Å²) in [7, 11) is 0. The summed E-state index contributed by atoms with van der Waals surface area (Å²) in [4.78, 5) is 0. The van der Waals surface area contributed by atoms with Crippen molar-refractivity contribution in [1.29, 1.82) is 0 Å². The number of phenols is 2. The van der Waals surface area contributed by atoms with Crippen molar-refractivity contribution in [2.75, 3.05) is 13.1 Å². The molecule has 1 aromatic carbocycles. The SMILES string of the molecule is Cc1cc(O)c(O)c(Br)c1C1CCNC1. The van der Waals surface area contributed by atoms with E-state index in [4.69, 9.17) is 0 Å². The van der Waals surface area contributed by atoms with Crippen molar-refractivity contribution >= 4 is 15.9 Å². The topological polar surface area (TPSA) is 52.5 Å². The number of aromatic hydroxyl groups is 2. The minimum absolute atomic E-state index is 0.0532. The monoisotopic (exact) mass is 271 g/mol. The molecule has 15 heavy (non-hydrogen) atoms. The van der Waals surface area contributed by atoms with Gasteiger partial charge in [-0.05, 0) is 58.9 Å². The van der Waals surface area contributed by atoms with Gasteiger partial charge in [0.1, 0.15) is 0 Å². The first-order valence-electron chi connectivity index (χ1n) is 5.03. The van der Waals surface area contributed by atoms with Crippen LogP contribution in [0.25, 0.3) is 0 Å². The quantitative estimate of drug-likeness (QED) is 0.687. The Morgan fingerprint density at radius 3 is 2.80 bits per heavy atom. The fourth-order valence-corrected chi connectivity index (χ4v) is 3.01. The lowest BCUT2D eigenvalue weighted by molar-refractivity contribution is 0.399. The van der Waals surface area contributed by atoms with Gasteiger partial charge in [-0.3, -0.25) is 0 Å². The van der Waals surface area contributed by atoms with E-state index in [0.29, 0.717) is 10.4 Å². The van der Waals surface area contributed by atoms with Gasteiger partial charge >= 0.3 is 0 Å². The van der Waals surface area contributed by atoms with Crippen LogP contribution in [0.1, 0.15) is 23.5 Å². The maximum absolute atomic E-state index is 9.65. The summed E-state index contributed by atoms with van der Waals surface area (Å²) in [5, 5.41) is 22.4. The molecular weight excluding hydrogens is 258 g/mol. The van der Waals surface area contributed by atoms with Gasteiger partial charge in [-0.15, -0.1) is 0 Å². The third-order valence-electron chi connectivity index (χ3n) is 2.93. The van der Waals surface area contributed by atoms with Crippen molar-refractivity contribution in [2.45, 2.75) is 19.3 Å². The molecule has 1 aromatic rings. The van der Waals surface area contributed by atoms with Crippen LogP contribution < -0.4 is 5.32 Å². The van der Waals surface area contributed by atoms with Crippen LogP contribution in [0.4, 0.5) is 0 Å². The average Bonchev–Trinajstić information content (AvgIpc) is 2.68. The second-order valence-electron chi connectivity index (χ2n) is 3.98. The number of phenolic OH excluding ortho intramolecular Hbond substituents is 2. The van der Waals surface area contributed by atoms with Gasteiger partial charge in [0.2, 0.25) is 0 Å². The molecule has 1 unspecified atom stereocenters. The third kappa shape index (κ3) is 1.84. The van der Waals surface area contributed by atoms with Crippen LogP contribution in [0.2, 0.25) is 0 Å². The summed E-state index contributed by atoms with van der Waals surface area (Å²) in [5.41, 5.74) is 2.13. The van der Waals surface area contributed by atoms with Crippen LogP contribution in [0.5, 0.6) is 11.5 Å². The molecule has 82 valence electrons. The highest BCUT2D eigenvalue weighted by molar-refractivity contribution is 9.10. The Morgan fingerprint density at radius 1 is 1.47 bits per heavy atom. The van der Waals surface area contributed by atoms with E-state index in [1.807, 2.05) is 6.92 Å². The fourth-order valence-electron chi connectivity index (χ4n) is 2.17. The third-order valence-corrected chi connectivity index (χ3v) is 3.74. The predicted octanol–water partition coefficient (Wildman–Crippen LogP) is 2.25. The molecule has 1 heterocycles. The Bertz CT molecular complexity index is 387. The van der Waals surface area contributed by atoms with Gasteiger partial charge in [-0.1, -0.05) is 0 Å². The summed E-state index contributed by atoms with van der Waals surface area (Å²) < 4.78 is 0.633. The average molecular weight is 272 g/mol. The Labute approximate surface area is 97.3 Å². The normalized spacial score (nSPS) is 20.8. The van der Waals surface area contributed by atoms with Gasteiger partial charge in [0, 0.05) is 6.54 Å². The van der Waals surface area contributed by atoms with Gasteiger partial charge in [0.25, 0.3) is 0 Å². The molecule has 0 bridgehead atoms. The van der Waals surface area contributed by atoms with Crippen molar-refractivity contribution < 1.29 is 10.2 Å². The second-order valence-corrected chi connectivity index (χ2v) is 4.77. The first kappa shape index (κ1) is 10.8. The molecule has 4 heteroatoms. The van der Waals surface area contributed by atoms with E-state index in [-0.39, 0.29) is 11.5 Å².